The van der Waals surface area contributed by atoms with Crippen LogP contribution in [0.2, 0.25) is 0 Å². The quantitative estimate of drug-likeness (QED) is 0.788. The Bertz CT molecular complexity index is 795. The van der Waals surface area contributed by atoms with Gasteiger partial charge < -0.3 is 9.84 Å². The van der Waals surface area contributed by atoms with Crippen LogP contribution in [0.1, 0.15) is 10.5 Å². The summed E-state index contributed by atoms with van der Waals surface area (Å²) in [6.07, 6.45) is 3.26. The maximum absolute atomic E-state index is 11.3. The summed E-state index contributed by atoms with van der Waals surface area (Å²) in [6, 6.07) is 9.03. The number of nitrogens with zero attached hydrogens (tertiary/aromatic N) is 3. The summed E-state index contributed by atoms with van der Waals surface area (Å²) in [5.74, 6) is 0.00508. The van der Waals surface area contributed by atoms with E-state index in [0.29, 0.717) is 22.8 Å². The lowest BCUT2D eigenvalue weighted by Gasteiger charge is -2.06. The van der Waals surface area contributed by atoms with Gasteiger partial charge in [0.25, 0.3) is 0 Å². The van der Waals surface area contributed by atoms with E-state index in [1.54, 1.807) is 29.8 Å². The smallest absolute Gasteiger partial charge is 0.358 e. The van der Waals surface area contributed by atoms with E-state index >= 15 is 0 Å². The van der Waals surface area contributed by atoms with Crippen LogP contribution in [-0.4, -0.2) is 32.6 Å². The standard InChI is InChI=1S/C14H11N3O3/c1-20-10-6-3-2-5-9(10)12-16-11(14(18)19)13-15-7-4-8-17(12)13/h2-8H,1H3,(H,18,19). The lowest BCUT2D eigenvalue weighted by Crippen LogP contribution is -1.98. The predicted octanol–water partition coefficient (Wildman–Crippen LogP) is 2.10. The van der Waals surface area contributed by atoms with E-state index in [-0.39, 0.29) is 5.69 Å². The zero-order valence-electron chi connectivity index (χ0n) is 10.6. The first-order chi connectivity index (χ1) is 9.72. The minimum Gasteiger partial charge on any atom is -0.496 e. The number of methoxy groups -OCH3 is 1. The molecule has 3 rings (SSSR count). The fourth-order valence-corrected chi connectivity index (χ4v) is 2.09. The lowest BCUT2D eigenvalue weighted by atomic mass is 10.2. The molecule has 0 aliphatic rings. The minimum absolute atomic E-state index is 0.0773. The number of hydrogen-bond donors (Lipinski definition) is 1. The largest absolute Gasteiger partial charge is 0.496 e. The molecule has 0 radical (unpaired) electrons. The van der Waals surface area contributed by atoms with Crippen LogP contribution in [0.25, 0.3) is 17.0 Å². The van der Waals surface area contributed by atoms with Crippen molar-refractivity contribution in [1.29, 1.82) is 0 Å². The first kappa shape index (κ1) is 12.2. The highest BCUT2D eigenvalue weighted by molar-refractivity contribution is 5.93. The van der Waals surface area contributed by atoms with Crippen molar-refractivity contribution in [3.05, 3.63) is 48.4 Å². The number of fused-ring (bicyclic) bond motifs is 1. The van der Waals surface area contributed by atoms with Crippen LogP contribution in [0.4, 0.5) is 0 Å². The molecular weight excluding hydrogens is 258 g/mol. The van der Waals surface area contributed by atoms with E-state index in [1.807, 2.05) is 18.2 Å². The van der Waals surface area contributed by atoms with Crippen molar-refractivity contribution < 1.29 is 14.6 Å². The molecule has 0 aliphatic heterocycles. The molecular formula is C14H11N3O3. The molecule has 0 bridgehead atoms. The molecule has 1 aromatic carbocycles. The predicted molar refractivity (Wildman–Crippen MR) is 71.9 cm³/mol. The Morgan fingerprint density at radius 1 is 1.30 bits per heavy atom. The molecule has 100 valence electrons. The van der Waals surface area contributed by atoms with Gasteiger partial charge in [-0.05, 0) is 18.2 Å². The monoisotopic (exact) mass is 269 g/mol. The zero-order valence-corrected chi connectivity index (χ0v) is 10.6. The van der Waals surface area contributed by atoms with E-state index in [1.165, 1.54) is 6.20 Å². The average molecular weight is 269 g/mol. The number of ether oxygens (including phenoxy) is 1. The molecule has 2 heterocycles. The van der Waals surface area contributed by atoms with Crippen LogP contribution >= 0.6 is 0 Å². The number of aromatic nitrogens is 3. The summed E-state index contributed by atoms with van der Waals surface area (Å²) >= 11 is 0. The number of rotatable bonds is 3. The number of benzene rings is 1. The third kappa shape index (κ3) is 1.78. The van der Waals surface area contributed by atoms with Crippen LogP contribution in [-0.2, 0) is 0 Å². The first-order valence-corrected chi connectivity index (χ1v) is 5.92. The van der Waals surface area contributed by atoms with Gasteiger partial charge in [-0.15, -0.1) is 0 Å². The fourth-order valence-electron chi connectivity index (χ4n) is 2.09. The molecule has 0 atom stereocenters. The highest BCUT2D eigenvalue weighted by atomic mass is 16.5. The maximum atomic E-state index is 11.3. The van der Waals surface area contributed by atoms with Gasteiger partial charge in [-0.1, -0.05) is 12.1 Å². The normalized spacial score (nSPS) is 10.7. The Balaban J connectivity index is 2.34. The highest BCUT2D eigenvalue weighted by Crippen LogP contribution is 2.29. The summed E-state index contributed by atoms with van der Waals surface area (Å²) in [6.45, 7) is 0. The van der Waals surface area contributed by atoms with Crippen molar-refractivity contribution in [2.24, 2.45) is 0 Å². The highest BCUT2D eigenvalue weighted by Gasteiger charge is 2.20. The van der Waals surface area contributed by atoms with Crippen molar-refractivity contribution >= 4 is 11.6 Å². The van der Waals surface area contributed by atoms with Gasteiger partial charge in [-0.2, -0.15) is 0 Å². The van der Waals surface area contributed by atoms with Gasteiger partial charge in [-0.25, -0.2) is 14.8 Å². The van der Waals surface area contributed by atoms with Gasteiger partial charge in [-0.3, -0.25) is 4.40 Å². The molecule has 0 saturated carbocycles. The SMILES string of the molecule is COc1ccccc1-c1nc(C(=O)O)c2ncccn12. The van der Waals surface area contributed by atoms with E-state index < -0.39 is 5.97 Å². The first-order valence-electron chi connectivity index (χ1n) is 5.92. The van der Waals surface area contributed by atoms with Gasteiger partial charge in [0.1, 0.15) is 5.75 Å². The van der Waals surface area contributed by atoms with Crippen LogP contribution in [0, 0.1) is 0 Å². The molecule has 0 saturated heterocycles. The molecule has 0 aliphatic carbocycles. The third-order valence-corrected chi connectivity index (χ3v) is 2.95. The van der Waals surface area contributed by atoms with Crippen LogP contribution in [0.5, 0.6) is 5.75 Å². The van der Waals surface area contributed by atoms with Crippen LogP contribution in [0.15, 0.2) is 42.7 Å². The molecule has 1 N–H and O–H groups in total. The van der Waals surface area contributed by atoms with E-state index in [4.69, 9.17) is 4.74 Å². The molecule has 0 amide bonds. The van der Waals surface area contributed by atoms with E-state index in [2.05, 4.69) is 9.97 Å². The summed E-state index contributed by atoms with van der Waals surface area (Å²) < 4.78 is 6.94. The van der Waals surface area contributed by atoms with Crippen molar-refractivity contribution in [3.63, 3.8) is 0 Å². The summed E-state index contributed by atoms with van der Waals surface area (Å²) in [5, 5.41) is 9.22. The summed E-state index contributed by atoms with van der Waals surface area (Å²) in [4.78, 5) is 19.5. The Hall–Kier alpha value is -2.89. The number of carboxylic acids is 1. The second-order valence-corrected chi connectivity index (χ2v) is 4.10. The zero-order chi connectivity index (χ0) is 14.1. The number of aromatic carboxylic acids is 1. The van der Waals surface area contributed by atoms with Gasteiger partial charge in [0.15, 0.2) is 17.2 Å². The number of carbonyl (C=O) groups is 1. The molecule has 20 heavy (non-hydrogen) atoms. The minimum atomic E-state index is -1.11. The fraction of sp³-hybridized carbons (Fsp3) is 0.0714. The van der Waals surface area contributed by atoms with E-state index in [9.17, 15) is 9.90 Å². The summed E-state index contributed by atoms with van der Waals surface area (Å²) in [7, 11) is 1.56. The number of hydrogen-bond acceptors (Lipinski definition) is 4. The van der Waals surface area contributed by atoms with Crippen LogP contribution < -0.4 is 4.74 Å². The van der Waals surface area contributed by atoms with Crippen molar-refractivity contribution in [1.82, 2.24) is 14.4 Å². The molecule has 2 aromatic heterocycles. The second kappa shape index (κ2) is 4.65. The Morgan fingerprint density at radius 3 is 2.85 bits per heavy atom. The molecule has 0 spiro atoms. The van der Waals surface area contributed by atoms with Crippen molar-refractivity contribution in [2.75, 3.05) is 7.11 Å². The maximum Gasteiger partial charge on any atom is 0.358 e. The van der Waals surface area contributed by atoms with Gasteiger partial charge in [0.2, 0.25) is 0 Å². The number of imidazole rings is 1. The van der Waals surface area contributed by atoms with Gasteiger partial charge in [0, 0.05) is 12.4 Å². The Morgan fingerprint density at radius 2 is 2.10 bits per heavy atom. The van der Waals surface area contributed by atoms with Crippen molar-refractivity contribution in [3.8, 4) is 17.1 Å². The third-order valence-electron chi connectivity index (χ3n) is 2.95. The molecule has 6 heteroatoms. The van der Waals surface area contributed by atoms with Gasteiger partial charge >= 0.3 is 5.97 Å². The van der Waals surface area contributed by atoms with Crippen LogP contribution in [0.3, 0.4) is 0 Å². The molecule has 0 unspecified atom stereocenters. The Labute approximate surface area is 114 Å². The molecule has 0 fully saturated rings. The lowest BCUT2D eigenvalue weighted by molar-refractivity contribution is 0.0693. The molecule has 3 aromatic rings. The Kier molecular flexibility index (Phi) is 2.83. The number of para-hydroxylation sites is 1. The number of carboxylic acid groups (broad SMARTS) is 1. The topological polar surface area (TPSA) is 76.7 Å². The van der Waals surface area contributed by atoms with Crippen molar-refractivity contribution in [2.45, 2.75) is 0 Å². The van der Waals surface area contributed by atoms with Gasteiger partial charge in [0.05, 0.1) is 12.7 Å². The average Bonchev–Trinajstić information content (AvgIpc) is 2.87. The molecule has 6 nitrogen and oxygen atoms in total. The summed E-state index contributed by atoms with van der Waals surface area (Å²) in [5.41, 5.74) is 0.943. The van der Waals surface area contributed by atoms with E-state index in [0.717, 1.165) is 0 Å². The second-order valence-electron chi connectivity index (χ2n) is 4.10.